The van der Waals surface area contributed by atoms with E-state index in [-0.39, 0.29) is 29.8 Å². The number of rotatable bonds is 4. The maximum Gasteiger partial charge on any atom is 0.265 e. The summed E-state index contributed by atoms with van der Waals surface area (Å²) in [6.07, 6.45) is 0.386. The van der Waals surface area contributed by atoms with Gasteiger partial charge in [-0.05, 0) is 56.2 Å². The van der Waals surface area contributed by atoms with Gasteiger partial charge in [0.1, 0.15) is 11.6 Å². The Bertz CT molecular complexity index is 1140. The van der Waals surface area contributed by atoms with E-state index in [1.807, 2.05) is 0 Å². The van der Waals surface area contributed by atoms with Gasteiger partial charge >= 0.3 is 0 Å². The molecular formula is C21H22FN3O5S. The Balaban J connectivity index is 1.50. The van der Waals surface area contributed by atoms with E-state index in [9.17, 15) is 22.4 Å². The number of hydrogen-bond donors (Lipinski definition) is 2. The molecule has 8 nitrogen and oxygen atoms in total. The molecule has 0 radical (unpaired) electrons. The Kier molecular flexibility index (Phi) is 5.67. The standard InChI is InChI=1S/C21H22FN3O5S/c1-13-20(26)24-18-11-17(7-8-19(18)30-13)31(28,29)25-9-3-4-14(12-25)21(27)23-16-6-2-5-15(22)10-16/h2,5-8,10-11,13-14H,3-4,9,12H2,1H3,(H,23,27)(H,24,26)/t13-,14+/m0/s1. The fourth-order valence-corrected chi connectivity index (χ4v) is 5.23. The Hall–Kier alpha value is -2.98. The van der Waals surface area contributed by atoms with Gasteiger partial charge in [0.2, 0.25) is 15.9 Å². The third kappa shape index (κ3) is 4.40. The lowest BCUT2D eigenvalue weighted by Crippen LogP contribution is -2.43. The summed E-state index contributed by atoms with van der Waals surface area (Å²) < 4.78 is 46.5. The van der Waals surface area contributed by atoms with Crippen molar-refractivity contribution < 1.29 is 27.1 Å². The number of sulfonamides is 1. The second-order valence-electron chi connectivity index (χ2n) is 7.61. The Morgan fingerprint density at radius 1 is 1.26 bits per heavy atom. The van der Waals surface area contributed by atoms with Gasteiger partial charge in [0, 0.05) is 18.8 Å². The smallest absolute Gasteiger partial charge is 0.265 e. The highest BCUT2D eigenvalue weighted by atomic mass is 32.2. The highest BCUT2D eigenvalue weighted by Gasteiger charge is 2.34. The number of amides is 2. The molecule has 0 spiro atoms. The molecule has 0 unspecified atom stereocenters. The predicted octanol–water partition coefficient (Wildman–Crippen LogP) is 2.58. The highest BCUT2D eigenvalue weighted by molar-refractivity contribution is 7.89. The number of carbonyl (C=O) groups excluding carboxylic acids is 2. The monoisotopic (exact) mass is 447 g/mol. The van der Waals surface area contributed by atoms with E-state index in [4.69, 9.17) is 4.74 Å². The number of ether oxygens (including phenoxy) is 1. The van der Waals surface area contributed by atoms with Gasteiger partial charge in [-0.1, -0.05) is 6.07 Å². The van der Waals surface area contributed by atoms with Crippen LogP contribution in [0.4, 0.5) is 15.8 Å². The zero-order valence-corrected chi connectivity index (χ0v) is 17.6. The fourth-order valence-electron chi connectivity index (χ4n) is 3.68. The third-order valence-electron chi connectivity index (χ3n) is 5.37. The Labute approximate surface area is 179 Å². The Morgan fingerprint density at radius 3 is 2.84 bits per heavy atom. The minimum Gasteiger partial charge on any atom is -0.479 e. The summed E-state index contributed by atoms with van der Waals surface area (Å²) in [6.45, 7) is 1.90. The minimum atomic E-state index is -3.89. The zero-order chi connectivity index (χ0) is 22.2. The normalized spacial score (nSPS) is 21.5. The van der Waals surface area contributed by atoms with Crippen molar-refractivity contribution in [1.82, 2.24) is 4.31 Å². The van der Waals surface area contributed by atoms with Crippen molar-refractivity contribution in [1.29, 1.82) is 0 Å². The molecule has 2 atom stereocenters. The largest absolute Gasteiger partial charge is 0.479 e. The van der Waals surface area contributed by atoms with Crippen LogP contribution in [0.5, 0.6) is 5.75 Å². The first-order chi connectivity index (χ1) is 14.7. The molecule has 10 heteroatoms. The first-order valence-electron chi connectivity index (χ1n) is 9.92. The topological polar surface area (TPSA) is 105 Å². The van der Waals surface area contributed by atoms with Gasteiger partial charge in [-0.25, -0.2) is 12.8 Å². The first-order valence-corrected chi connectivity index (χ1v) is 11.4. The lowest BCUT2D eigenvalue weighted by atomic mass is 9.99. The van der Waals surface area contributed by atoms with E-state index in [0.29, 0.717) is 30.0 Å². The molecule has 2 aliphatic rings. The van der Waals surface area contributed by atoms with Crippen molar-refractivity contribution in [3.63, 3.8) is 0 Å². The average Bonchev–Trinajstić information content (AvgIpc) is 2.74. The van der Waals surface area contributed by atoms with Crippen LogP contribution < -0.4 is 15.4 Å². The number of anilines is 2. The number of piperidine rings is 1. The fraction of sp³-hybridized carbons (Fsp3) is 0.333. The maximum atomic E-state index is 13.4. The number of nitrogens with one attached hydrogen (secondary N) is 2. The molecule has 2 heterocycles. The first kappa shape index (κ1) is 21.3. The van der Waals surface area contributed by atoms with Gasteiger partial charge in [-0.15, -0.1) is 0 Å². The number of fused-ring (bicyclic) bond motifs is 1. The second kappa shape index (κ2) is 8.27. The summed E-state index contributed by atoms with van der Waals surface area (Å²) >= 11 is 0. The van der Waals surface area contributed by atoms with E-state index in [2.05, 4.69) is 10.6 Å². The molecule has 2 aromatic carbocycles. The summed E-state index contributed by atoms with van der Waals surface area (Å²) in [4.78, 5) is 24.5. The molecule has 1 fully saturated rings. The summed E-state index contributed by atoms with van der Waals surface area (Å²) in [5.74, 6) is -1.34. The molecule has 1 saturated heterocycles. The van der Waals surface area contributed by atoms with Crippen LogP contribution in [0.3, 0.4) is 0 Å². The molecule has 2 aromatic rings. The SMILES string of the molecule is C[C@@H]1Oc2ccc(S(=O)(=O)N3CCC[C@@H](C(=O)Nc4cccc(F)c4)C3)cc2NC1=O. The van der Waals surface area contributed by atoms with E-state index < -0.39 is 27.9 Å². The van der Waals surface area contributed by atoms with E-state index >= 15 is 0 Å². The molecule has 4 rings (SSSR count). The van der Waals surface area contributed by atoms with Crippen LogP contribution in [0, 0.1) is 11.7 Å². The number of benzene rings is 2. The van der Waals surface area contributed by atoms with Crippen LogP contribution in [0.2, 0.25) is 0 Å². The number of carbonyl (C=O) groups is 2. The molecule has 0 saturated carbocycles. The second-order valence-corrected chi connectivity index (χ2v) is 9.55. The molecule has 2 amide bonds. The van der Waals surface area contributed by atoms with Gasteiger partial charge < -0.3 is 15.4 Å². The quantitative estimate of drug-likeness (QED) is 0.750. The van der Waals surface area contributed by atoms with E-state index in [1.54, 1.807) is 13.0 Å². The highest BCUT2D eigenvalue weighted by Crippen LogP contribution is 2.33. The van der Waals surface area contributed by atoms with Crippen molar-refractivity contribution >= 4 is 33.2 Å². The van der Waals surface area contributed by atoms with Gasteiger partial charge in [0.05, 0.1) is 16.5 Å². The minimum absolute atomic E-state index is 0.0101. The summed E-state index contributed by atoms with van der Waals surface area (Å²) in [5.41, 5.74) is 0.617. The predicted molar refractivity (Wildman–Crippen MR) is 112 cm³/mol. The van der Waals surface area contributed by atoms with Gasteiger partial charge in [-0.2, -0.15) is 4.31 Å². The molecule has 31 heavy (non-hydrogen) atoms. The molecule has 0 aromatic heterocycles. The molecule has 164 valence electrons. The maximum absolute atomic E-state index is 13.4. The Morgan fingerprint density at radius 2 is 2.06 bits per heavy atom. The zero-order valence-electron chi connectivity index (χ0n) is 16.8. The van der Waals surface area contributed by atoms with Crippen LogP contribution >= 0.6 is 0 Å². The number of hydrogen-bond acceptors (Lipinski definition) is 5. The van der Waals surface area contributed by atoms with Crippen molar-refractivity contribution in [3.8, 4) is 5.75 Å². The third-order valence-corrected chi connectivity index (χ3v) is 7.23. The number of nitrogens with zero attached hydrogens (tertiary/aromatic N) is 1. The molecule has 2 N–H and O–H groups in total. The number of halogens is 1. The van der Waals surface area contributed by atoms with Crippen LogP contribution in [0.15, 0.2) is 47.4 Å². The molecule has 2 aliphatic heterocycles. The van der Waals surface area contributed by atoms with Crippen molar-refractivity contribution in [3.05, 3.63) is 48.3 Å². The molecule has 0 aliphatic carbocycles. The van der Waals surface area contributed by atoms with Crippen molar-refractivity contribution in [2.45, 2.75) is 30.8 Å². The van der Waals surface area contributed by atoms with E-state index in [0.717, 1.165) is 0 Å². The lowest BCUT2D eigenvalue weighted by Gasteiger charge is -2.31. The molecular weight excluding hydrogens is 425 g/mol. The molecule has 0 bridgehead atoms. The van der Waals surface area contributed by atoms with Crippen LogP contribution in [-0.2, 0) is 19.6 Å². The lowest BCUT2D eigenvalue weighted by molar-refractivity contribution is -0.123. The van der Waals surface area contributed by atoms with Crippen LogP contribution in [0.25, 0.3) is 0 Å². The van der Waals surface area contributed by atoms with Crippen LogP contribution in [-0.4, -0.2) is 43.7 Å². The van der Waals surface area contributed by atoms with E-state index in [1.165, 1.54) is 40.7 Å². The summed E-state index contributed by atoms with van der Waals surface area (Å²) in [6, 6.07) is 9.84. The van der Waals surface area contributed by atoms with Gasteiger partial charge in [0.25, 0.3) is 5.91 Å². The van der Waals surface area contributed by atoms with Gasteiger partial charge in [-0.3, -0.25) is 9.59 Å². The van der Waals surface area contributed by atoms with Crippen molar-refractivity contribution in [2.75, 3.05) is 23.7 Å². The average molecular weight is 447 g/mol. The summed E-state index contributed by atoms with van der Waals surface area (Å²) in [5, 5.41) is 5.29. The van der Waals surface area contributed by atoms with Gasteiger partial charge in [0.15, 0.2) is 6.10 Å². The van der Waals surface area contributed by atoms with Crippen LogP contribution in [0.1, 0.15) is 19.8 Å². The summed E-state index contributed by atoms with van der Waals surface area (Å²) in [7, 11) is -3.89. The van der Waals surface area contributed by atoms with Crippen molar-refractivity contribution in [2.24, 2.45) is 5.92 Å².